The first-order valence-corrected chi connectivity index (χ1v) is 36.3. The summed E-state index contributed by atoms with van der Waals surface area (Å²) < 4.78 is 84.5. The fraction of sp³-hybridized carbons (Fsp3) is 0.612. The van der Waals surface area contributed by atoms with Crippen LogP contribution in [0.15, 0.2) is 97.1 Å². The molecule has 4 aromatic carbocycles. The maximum absolute atomic E-state index is 13.5. The number of nitrogens with zero attached hydrogens (tertiary/aromatic N) is 2. The lowest BCUT2D eigenvalue weighted by Gasteiger charge is -2.30. The third kappa shape index (κ3) is 24.6. The predicted molar refractivity (Wildman–Crippen MR) is 344 cm³/mol. The van der Waals surface area contributed by atoms with Crippen LogP contribution in [-0.4, -0.2) is 189 Å². The highest BCUT2D eigenvalue weighted by atomic mass is 28.4. The van der Waals surface area contributed by atoms with E-state index in [0.717, 1.165) is 66.4 Å². The Morgan fingerprint density at radius 2 is 0.795 bits per heavy atom. The van der Waals surface area contributed by atoms with Crippen LogP contribution in [0.5, 0.6) is 23.0 Å². The second-order valence-electron chi connectivity index (χ2n) is 21.7. The molecule has 2 saturated heterocycles. The largest absolute Gasteiger partial charge is 0.500 e. The van der Waals surface area contributed by atoms with Crippen LogP contribution in [0.4, 0.5) is 4.79 Å². The lowest BCUT2D eigenvalue weighted by Crippen LogP contribution is -2.46. The van der Waals surface area contributed by atoms with Crippen LogP contribution in [0.3, 0.4) is 0 Å². The van der Waals surface area contributed by atoms with E-state index < -0.39 is 35.9 Å². The van der Waals surface area contributed by atoms with E-state index in [2.05, 4.69) is 91.3 Å². The average molecular weight is 1260 g/mol. The van der Waals surface area contributed by atoms with Crippen LogP contribution in [0, 0.1) is 0 Å². The molecule has 19 nitrogen and oxygen atoms in total. The summed E-state index contributed by atoms with van der Waals surface area (Å²) >= 11 is 0. The summed E-state index contributed by atoms with van der Waals surface area (Å²) in [6, 6.07) is 34.3. The minimum Gasteiger partial charge on any atom is -0.491 e. The van der Waals surface area contributed by atoms with E-state index in [0.29, 0.717) is 122 Å². The third-order valence-electron chi connectivity index (χ3n) is 15.4. The SMILES string of the molecule is CCO[Si](CCCCC(=O)OC(COc1ccc(C(c2ccc(OCC3CO3)cc2)C(c2ccc(OCC3CO3)cc2)c2ccc(OCC(CN(CC)CC)OC(=O)NCCC[Si](OCC)(OCC)OCC)cc2)cc1)CN(CC)CC)(OCC)OCC. The highest BCUT2D eigenvalue weighted by Crippen LogP contribution is 2.45. The molecule has 2 aliphatic heterocycles. The first-order chi connectivity index (χ1) is 42.9. The number of unbranched alkanes of at least 4 members (excludes halogenated alkanes) is 1. The normalized spacial score (nSPS) is 16.2. The van der Waals surface area contributed by atoms with Gasteiger partial charge in [-0.15, -0.1) is 0 Å². The van der Waals surface area contributed by atoms with Gasteiger partial charge in [0.2, 0.25) is 0 Å². The number of esters is 1. The van der Waals surface area contributed by atoms with Gasteiger partial charge in [-0.2, -0.15) is 0 Å². The summed E-state index contributed by atoms with van der Waals surface area (Å²) in [6.45, 7) is 30.4. The Balaban J connectivity index is 1.23. The van der Waals surface area contributed by atoms with E-state index in [4.69, 9.17) is 64.5 Å². The summed E-state index contributed by atoms with van der Waals surface area (Å²) in [5.41, 5.74) is 4.24. The zero-order valence-corrected chi connectivity index (χ0v) is 56.3. The zero-order valence-electron chi connectivity index (χ0n) is 54.3. The van der Waals surface area contributed by atoms with Gasteiger partial charge in [0.25, 0.3) is 0 Å². The Morgan fingerprint density at radius 1 is 0.466 bits per heavy atom. The van der Waals surface area contributed by atoms with Gasteiger partial charge in [-0.3, -0.25) is 4.79 Å². The topological polar surface area (TPSA) is 188 Å². The summed E-state index contributed by atoms with van der Waals surface area (Å²) in [5.74, 6) is 2.13. The first kappa shape index (κ1) is 71.9. The molecule has 6 rings (SSSR count). The van der Waals surface area contributed by atoms with Crippen LogP contribution < -0.4 is 24.3 Å². The number of epoxide rings is 2. The minimum absolute atomic E-state index is 0.121. The van der Waals surface area contributed by atoms with Crippen molar-refractivity contribution in [2.75, 3.05) is 125 Å². The van der Waals surface area contributed by atoms with Crippen LogP contribution in [-0.2, 0) is 50.3 Å². The Kier molecular flexibility index (Phi) is 32.0. The van der Waals surface area contributed by atoms with Crippen molar-refractivity contribution in [3.05, 3.63) is 119 Å². The van der Waals surface area contributed by atoms with Gasteiger partial charge < -0.3 is 79.6 Å². The number of carbonyl (C=O) groups excluding carboxylic acids is 2. The van der Waals surface area contributed by atoms with Gasteiger partial charge in [-0.05, 0) is 158 Å². The number of benzene rings is 4. The van der Waals surface area contributed by atoms with Crippen molar-refractivity contribution in [2.24, 2.45) is 0 Å². The molecule has 2 fully saturated rings. The molecule has 1 N–H and O–H groups in total. The highest BCUT2D eigenvalue weighted by molar-refractivity contribution is 6.61. The number of nitrogens with one attached hydrogen (secondary N) is 1. The molecule has 88 heavy (non-hydrogen) atoms. The molecule has 4 aromatic rings. The van der Waals surface area contributed by atoms with Gasteiger partial charge in [0.15, 0.2) is 6.10 Å². The lowest BCUT2D eigenvalue weighted by molar-refractivity contribution is -0.151. The molecule has 2 heterocycles. The second-order valence-corrected chi connectivity index (χ2v) is 27.2. The monoisotopic (exact) mass is 1260 g/mol. The van der Waals surface area contributed by atoms with Gasteiger partial charge >= 0.3 is 29.7 Å². The summed E-state index contributed by atoms with van der Waals surface area (Å²) in [7, 11) is -5.67. The molecule has 0 aromatic heterocycles. The smallest absolute Gasteiger partial charge is 0.491 e. The van der Waals surface area contributed by atoms with Gasteiger partial charge in [-0.25, -0.2) is 4.79 Å². The van der Waals surface area contributed by atoms with Crippen molar-refractivity contribution < 1.29 is 74.0 Å². The molecule has 0 saturated carbocycles. The standard InChI is InChI=1S/C67H103N3O16Si2/c1-11-69(12-2)44-60(85-64(71)24-21-22-42-87(79-15-5,80-16-6)81-17-7)46-73-56-33-25-52(26-34-56)65(54-29-37-58(38-30-54)75-48-62-50-77-62)66(55-31-39-59(40-32-55)76-49-63-51-78-63)53-27-35-57(36-28-53)74-47-61(45-70(13-3)14-4)86-67(72)68-41-23-43-88(82-18-8,83-19-9)84-20-10/h25-40,60-63,65-66H,11-24,41-51H2,1-10H3,(H,68,72). The van der Waals surface area contributed by atoms with Gasteiger partial charge in [0.1, 0.15) is 67.7 Å². The maximum Gasteiger partial charge on any atom is 0.500 e. The molecule has 21 heteroatoms. The predicted octanol–water partition coefficient (Wildman–Crippen LogP) is 11.3. The molecule has 0 bridgehead atoms. The highest BCUT2D eigenvalue weighted by Gasteiger charge is 2.41. The number of alkyl carbamates (subject to hydrolysis) is 1. The van der Waals surface area contributed by atoms with E-state index in [1.165, 1.54) is 0 Å². The minimum atomic E-state index is -2.86. The molecule has 0 aliphatic carbocycles. The van der Waals surface area contributed by atoms with Gasteiger partial charge in [-0.1, -0.05) is 76.2 Å². The average Bonchev–Trinajstić information content (AvgIpc) is 2.59. The fourth-order valence-corrected chi connectivity index (χ4v) is 16.0. The Bertz CT molecular complexity index is 2330. The van der Waals surface area contributed by atoms with Crippen LogP contribution >= 0.6 is 0 Å². The van der Waals surface area contributed by atoms with Crippen LogP contribution in [0.25, 0.3) is 0 Å². The number of hydrogen-bond acceptors (Lipinski definition) is 18. The molecule has 6 unspecified atom stereocenters. The molecule has 1 amide bonds. The van der Waals surface area contributed by atoms with Crippen molar-refractivity contribution in [3.8, 4) is 23.0 Å². The number of rotatable bonds is 48. The number of hydrogen-bond donors (Lipinski definition) is 1. The second kappa shape index (κ2) is 39.2. The Labute approximate surface area is 527 Å². The van der Waals surface area contributed by atoms with E-state index in [1.54, 1.807) is 0 Å². The van der Waals surface area contributed by atoms with Crippen molar-refractivity contribution in [1.82, 2.24) is 15.1 Å². The van der Waals surface area contributed by atoms with Crippen molar-refractivity contribution in [2.45, 2.75) is 143 Å². The van der Waals surface area contributed by atoms with E-state index in [-0.39, 0.29) is 49.6 Å². The van der Waals surface area contributed by atoms with Crippen molar-refractivity contribution in [3.63, 3.8) is 0 Å². The molecule has 2 aliphatic rings. The number of ether oxygens (including phenoxy) is 8. The van der Waals surface area contributed by atoms with E-state index in [1.807, 2.05) is 90.1 Å². The molecular weight excluding hydrogens is 1160 g/mol. The lowest BCUT2D eigenvalue weighted by atomic mass is 9.73. The molecule has 490 valence electrons. The Morgan fingerprint density at radius 3 is 1.12 bits per heavy atom. The Hall–Kier alpha value is -5.15. The van der Waals surface area contributed by atoms with Crippen molar-refractivity contribution in [1.29, 1.82) is 0 Å². The molecular formula is C67H103N3O16Si2. The molecule has 6 atom stereocenters. The number of amides is 1. The summed E-state index contributed by atoms with van der Waals surface area (Å²) in [5, 5.41) is 2.94. The number of likely N-dealkylation sites (N-methyl/N-ethyl adjacent to an activating group) is 2. The summed E-state index contributed by atoms with van der Waals surface area (Å²) in [6.07, 6.45) is 0.907. The quantitative estimate of drug-likeness (QED) is 0.0190. The fourth-order valence-electron chi connectivity index (χ4n) is 10.7. The third-order valence-corrected chi connectivity index (χ3v) is 21.7. The summed E-state index contributed by atoms with van der Waals surface area (Å²) in [4.78, 5) is 31.3. The van der Waals surface area contributed by atoms with E-state index in [9.17, 15) is 9.59 Å². The first-order valence-electron chi connectivity index (χ1n) is 32.4. The molecule has 0 radical (unpaired) electrons. The van der Waals surface area contributed by atoms with Gasteiger partial charge in [0.05, 0.1) is 13.2 Å². The van der Waals surface area contributed by atoms with E-state index >= 15 is 0 Å². The zero-order chi connectivity index (χ0) is 63.0. The number of carbonyl (C=O) groups is 2. The molecule has 0 spiro atoms. The van der Waals surface area contributed by atoms with Gasteiger partial charge in [0, 0.05) is 89.6 Å². The van der Waals surface area contributed by atoms with Crippen molar-refractivity contribution >= 4 is 29.7 Å². The van der Waals surface area contributed by atoms with Crippen LogP contribution in [0.1, 0.15) is 129 Å². The maximum atomic E-state index is 13.5. The van der Waals surface area contributed by atoms with Crippen LogP contribution in [0.2, 0.25) is 12.1 Å².